The number of para-hydroxylation sites is 2. The van der Waals surface area contributed by atoms with Crippen LogP contribution < -0.4 is 4.74 Å². The Morgan fingerprint density at radius 1 is 1.19 bits per heavy atom. The van der Waals surface area contributed by atoms with E-state index in [4.69, 9.17) is 4.74 Å². The number of aliphatic hydroxyl groups excluding tert-OH is 1. The van der Waals surface area contributed by atoms with E-state index in [1.807, 2.05) is 24.3 Å². The van der Waals surface area contributed by atoms with Crippen LogP contribution in [0.3, 0.4) is 0 Å². The van der Waals surface area contributed by atoms with Gasteiger partial charge in [0.25, 0.3) is 0 Å². The highest BCUT2D eigenvalue weighted by molar-refractivity contribution is 5.94. The standard InChI is InChI=1S/C21H24N2O3/c1-3-6-21-22-19-7-4-5-8-20(19)23(21)13-17(25)14-26-18-11-9-16(10-12-18)15(2)24/h4-5,7-12,17,25H,3,6,13-14H2,1-2H3/t17-/m1/s1. The quantitative estimate of drug-likeness (QED) is 0.629. The van der Waals surface area contributed by atoms with Gasteiger partial charge in [-0.25, -0.2) is 4.98 Å². The maximum Gasteiger partial charge on any atom is 0.159 e. The summed E-state index contributed by atoms with van der Waals surface area (Å²) in [5.74, 6) is 1.64. The number of aliphatic hydroxyl groups is 1. The number of fused-ring (bicyclic) bond motifs is 1. The van der Waals surface area contributed by atoms with Gasteiger partial charge in [-0.05, 0) is 49.7 Å². The third kappa shape index (κ3) is 4.11. The minimum atomic E-state index is -0.657. The van der Waals surface area contributed by atoms with Gasteiger partial charge in [-0.3, -0.25) is 4.79 Å². The Kier molecular flexibility index (Phi) is 5.68. The first kappa shape index (κ1) is 18.1. The molecule has 5 heteroatoms. The Hall–Kier alpha value is -2.66. The van der Waals surface area contributed by atoms with Gasteiger partial charge >= 0.3 is 0 Å². The summed E-state index contributed by atoms with van der Waals surface area (Å²) in [7, 11) is 0. The smallest absolute Gasteiger partial charge is 0.159 e. The van der Waals surface area contributed by atoms with E-state index in [-0.39, 0.29) is 12.4 Å². The zero-order valence-corrected chi connectivity index (χ0v) is 15.2. The first-order valence-corrected chi connectivity index (χ1v) is 8.94. The van der Waals surface area contributed by atoms with E-state index in [0.717, 1.165) is 29.7 Å². The summed E-state index contributed by atoms with van der Waals surface area (Å²) in [5, 5.41) is 10.4. The molecule has 0 fully saturated rings. The number of imidazole rings is 1. The van der Waals surface area contributed by atoms with Crippen LogP contribution in [-0.4, -0.2) is 33.2 Å². The molecule has 3 aromatic rings. The van der Waals surface area contributed by atoms with Crippen molar-refractivity contribution < 1.29 is 14.6 Å². The van der Waals surface area contributed by atoms with Crippen LogP contribution in [0.4, 0.5) is 0 Å². The zero-order valence-electron chi connectivity index (χ0n) is 15.2. The van der Waals surface area contributed by atoms with Crippen LogP contribution in [0.25, 0.3) is 11.0 Å². The Morgan fingerprint density at radius 2 is 1.92 bits per heavy atom. The number of nitrogens with zero attached hydrogens (tertiary/aromatic N) is 2. The fourth-order valence-corrected chi connectivity index (χ4v) is 2.99. The first-order chi connectivity index (χ1) is 12.6. The SMILES string of the molecule is CCCc1nc2ccccc2n1C[C@@H](O)COc1ccc(C(C)=O)cc1. The van der Waals surface area contributed by atoms with Crippen molar-refractivity contribution in [1.82, 2.24) is 9.55 Å². The molecular formula is C21H24N2O3. The van der Waals surface area contributed by atoms with Crippen LogP contribution in [0, 0.1) is 0 Å². The van der Waals surface area contributed by atoms with Crippen LogP contribution >= 0.6 is 0 Å². The van der Waals surface area contributed by atoms with Gasteiger partial charge in [-0.2, -0.15) is 0 Å². The molecule has 1 aromatic heterocycles. The number of ketones is 1. The fourth-order valence-electron chi connectivity index (χ4n) is 2.99. The number of benzene rings is 2. The molecule has 0 spiro atoms. The number of ether oxygens (including phenoxy) is 1. The van der Waals surface area contributed by atoms with Crippen molar-refractivity contribution in [3.05, 3.63) is 59.9 Å². The van der Waals surface area contributed by atoms with Gasteiger partial charge < -0.3 is 14.4 Å². The van der Waals surface area contributed by atoms with Gasteiger partial charge in [0.1, 0.15) is 24.3 Å². The molecule has 136 valence electrons. The van der Waals surface area contributed by atoms with Crippen LogP contribution in [0.1, 0.15) is 36.5 Å². The molecule has 0 saturated carbocycles. The van der Waals surface area contributed by atoms with E-state index >= 15 is 0 Å². The number of carbonyl (C=O) groups is 1. The summed E-state index contributed by atoms with van der Waals surface area (Å²) in [6, 6.07) is 14.9. The fraction of sp³-hybridized carbons (Fsp3) is 0.333. The second kappa shape index (κ2) is 8.15. The number of rotatable bonds is 8. The number of hydrogen-bond donors (Lipinski definition) is 1. The molecule has 0 aliphatic rings. The summed E-state index contributed by atoms with van der Waals surface area (Å²) >= 11 is 0. The third-order valence-corrected chi connectivity index (χ3v) is 4.30. The zero-order chi connectivity index (χ0) is 18.5. The van der Waals surface area contributed by atoms with Gasteiger partial charge in [0, 0.05) is 12.0 Å². The molecule has 2 aromatic carbocycles. The predicted molar refractivity (Wildman–Crippen MR) is 102 cm³/mol. The number of hydrogen-bond acceptors (Lipinski definition) is 4. The van der Waals surface area contributed by atoms with E-state index in [2.05, 4.69) is 16.5 Å². The largest absolute Gasteiger partial charge is 0.491 e. The van der Waals surface area contributed by atoms with Crippen LogP contribution in [0.2, 0.25) is 0 Å². The average Bonchev–Trinajstić information content (AvgIpc) is 2.98. The number of aryl methyl sites for hydroxylation is 1. The third-order valence-electron chi connectivity index (χ3n) is 4.30. The lowest BCUT2D eigenvalue weighted by molar-refractivity contribution is 0.0926. The van der Waals surface area contributed by atoms with Crippen LogP contribution in [0.15, 0.2) is 48.5 Å². The molecule has 0 unspecified atom stereocenters. The molecule has 0 aliphatic heterocycles. The first-order valence-electron chi connectivity index (χ1n) is 8.94. The van der Waals surface area contributed by atoms with Crippen molar-refractivity contribution in [3.8, 4) is 5.75 Å². The van der Waals surface area contributed by atoms with Crippen LogP contribution in [-0.2, 0) is 13.0 Å². The molecular weight excluding hydrogens is 328 g/mol. The lowest BCUT2D eigenvalue weighted by Crippen LogP contribution is -2.24. The van der Waals surface area contributed by atoms with Crippen molar-refractivity contribution in [3.63, 3.8) is 0 Å². The number of aromatic nitrogens is 2. The lowest BCUT2D eigenvalue weighted by Gasteiger charge is -2.15. The maximum atomic E-state index is 11.3. The molecule has 0 radical (unpaired) electrons. The van der Waals surface area contributed by atoms with Crippen LogP contribution in [0.5, 0.6) is 5.75 Å². The molecule has 0 bridgehead atoms. The van der Waals surface area contributed by atoms with E-state index < -0.39 is 6.10 Å². The molecule has 0 aliphatic carbocycles. The summed E-state index contributed by atoms with van der Waals surface area (Å²) in [5.41, 5.74) is 2.62. The number of carbonyl (C=O) groups excluding carboxylic acids is 1. The topological polar surface area (TPSA) is 64.3 Å². The molecule has 5 nitrogen and oxygen atoms in total. The van der Waals surface area contributed by atoms with Gasteiger partial charge in [-0.1, -0.05) is 19.1 Å². The van der Waals surface area contributed by atoms with Gasteiger partial charge in [0.15, 0.2) is 5.78 Å². The Morgan fingerprint density at radius 3 is 2.62 bits per heavy atom. The second-order valence-corrected chi connectivity index (χ2v) is 6.42. The van der Waals surface area contributed by atoms with Gasteiger partial charge in [0.2, 0.25) is 0 Å². The molecule has 26 heavy (non-hydrogen) atoms. The van der Waals surface area contributed by atoms with E-state index in [9.17, 15) is 9.90 Å². The minimum absolute atomic E-state index is 0.0204. The van der Waals surface area contributed by atoms with Crippen molar-refractivity contribution in [2.24, 2.45) is 0 Å². The second-order valence-electron chi connectivity index (χ2n) is 6.42. The van der Waals surface area contributed by atoms with E-state index in [1.54, 1.807) is 24.3 Å². The molecule has 1 atom stereocenters. The van der Waals surface area contributed by atoms with Crippen molar-refractivity contribution >= 4 is 16.8 Å². The maximum absolute atomic E-state index is 11.3. The highest BCUT2D eigenvalue weighted by Gasteiger charge is 2.14. The summed E-state index contributed by atoms with van der Waals surface area (Å²) in [4.78, 5) is 16.0. The normalized spacial score (nSPS) is 12.3. The highest BCUT2D eigenvalue weighted by atomic mass is 16.5. The molecule has 0 amide bonds. The molecule has 3 rings (SSSR count). The Bertz CT molecular complexity index is 884. The van der Waals surface area contributed by atoms with Crippen molar-refractivity contribution in [1.29, 1.82) is 0 Å². The minimum Gasteiger partial charge on any atom is -0.491 e. The summed E-state index contributed by atoms with van der Waals surface area (Å²) in [6.07, 6.45) is 1.21. The van der Waals surface area contributed by atoms with Gasteiger partial charge in [0.05, 0.1) is 17.6 Å². The Balaban J connectivity index is 1.68. The Labute approximate surface area is 153 Å². The van der Waals surface area contributed by atoms with Crippen molar-refractivity contribution in [2.75, 3.05) is 6.61 Å². The van der Waals surface area contributed by atoms with E-state index in [0.29, 0.717) is 17.9 Å². The number of Topliss-reactive ketones (excluding diaryl/α,β-unsaturated/α-hetero) is 1. The van der Waals surface area contributed by atoms with E-state index in [1.165, 1.54) is 6.92 Å². The highest BCUT2D eigenvalue weighted by Crippen LogP contribution is 2.18. The van der Waals surface area contributed by atoms with Crippen molar-refractivity contribution in [2.45, 2.75) is 39.3 Å². The molecule has 1 N–H and O–H groups in total. The lowest BCUT2D eigenvalue weighted by atomic mass is 10.1. The molecule has 0 saturated heterocycles. The van der Waals surface area contributed by atoms with Gasteiger partial charge in [-0.15, -0.1) is 0 Å². The molecule has 1 heterocycles. The predicted octanol–water partition coefficient (Wildman–Crippen LogP) is 3.63. The summed E-state index contributed by atoms with van der Waals surface area (Å²) < 4.78 is 7.74. The summed E-state index contributed by atoms with van der Waals surface area (Å²) in [6.45, 7) is 4.26. The monoisotopic (exact) mass is 352 g/mol. The average molecular weight is 352 g/mol.